The Kier molecular flexibility index (Phi) is 6.34. The molecule has 0 heterocycles. The van der Waals surface area contributed by atoms with Crippen LogP contribution < -0.4 is 17.2 Å². The number of aromatic hydroxyl groups is 1. The molecule has 0 spiro atoms. The molecule has 1 saturated carbocycles. The van der Waals surface area contributed by atoms with Gasteiger partial charge in [0, 0.05) is 0 Å². The number of phenols is 1. The van der Waals surface area contributed by atoms with Crippen molar-refractivity contribution in [1.82, 2.24) is 4.90 Å². The Morgan fingerprint density at radius 3 is 2.29 bits per heavy atom. The van der Waals surface area contributed by atoms with Crippen LogP contribution in [0.3, 0.4) is 0 Å². The molecular weight excluding hydrogens is 578 g/mol. The number of hydrogen-bond donors (Lipinski definition) is 7. The SMILES string of the molecule is CN(C)[C@@H]1C(=O)C(C(N)=O)=C(O)[C@@]2(C#N)C(=O)C3=C(O)c4c(O)cccc4/C(=C\c4ccc5ccccc5c4)[C@@]3(N)[C@H](O)[C@@]12N. The van der Waals surface area contributed by atoms with E-state index >= 15 is 0 Å². The number of carbonyl (C=O) groups is 3. The van der Waals surface area contributed by atoms with Crippen molar-refractivity contribution in [1.29, 1.82) is 5.26 Å². The molecule has 0 unspecified atom stereocenters. The van der Waals surface area contributed by atoms with E-state index in [4.69, 9.17) is 17.2 Å². The lowest BCUT2D eigenvalue weighted by Crippen LogP contribution is -2.86. The molecule has 6 rings (SSSR count). The molecular formula is C33H29N5O7. The summed E-state index contributed by atoms with van der Waals surface area (Å²) >= 11 is 0. The number of carbonyl (C=O) groups excluding carboxylic acids is 3. The zero-order chi connectivity index (χ0) is 32.8. The van der Waals surface area contributed by atoms with E-state index in [1.807, 2.05) is 36.4 Å². The lowest BCUT2D eigenvalue weighted by Gasteiger charge is -2.61. The van der Waals surface area contributed by atoms with Crippen LogP contribution in [0.15, 0.2) is 77.6 Å². The number of aliphatic hydroxyl groups is 3. The first-order chi connectivity index (χ1) is 21.2. The Hall–Kier alpha value is -5.32. The van der Waals surface area contributed by atoms with Gasteiger partial charge in [-0.2, -0.15) is 5.26 Å². The minimum absolute atomic E-state index is 0.0165. The van der Waals surface area contributed by atoms with Crippen LogP contribution in [0.4, 0.5) is 0 Å². The Bertz CT molecular complexity index is 2020. The lowest BCUT2D eigenvalue weighted by molar-refractivity contribution is -0.149. The van der Waals surface area contributed by atoms with Crippen LogP contribution in [0.1, 0.15) is 16.7 Å². The van der Waals surface area contributed by atoms with E-state index in [9.17, 15) is 40.1 Å². The van der Waals surface area contributed by atoms with Crippen molar-refractivity contribution in [2.45, 2.75) is 23.2 Å². The van der Waals surface area contributed by atoms with Gasteiger partial charge in [0.15, 0.2) is 17.0 Å². The summed E-state index contributed by atoms with van der Waals surface area (Å²) < 4.78 is 0. The predicted octanol–water partition coefficient (Wildman–Crippen LogP) is 1.03. The summed E-state index contributed by atoms with van der Waals surface area (Å²) in [5.74, 6) is -6.66. The number of likely N-dealkylation sites (N-methyl/N-ethyl adjacent to an activating group) is 1. The first-order valence-corrected chi connectivity index (χ1v) is 13.8. The Labute approximate surface area is 256 Å². The Morgan fingerprint density at radius 1 is 1.00 bits per heavy atom. The second-order valence-electron chi connectivity index (χ2n) is 11.8. The smallest absolute Gasteiger partial charge is 0.255 e. The van der Waals surface area contributed by atoms with E-state index in [-0.39, 0.29) is 16.7 Å². The van der Waals surface area contributed by atoms with Crippen molar-refractivity contribution in [2.75, 3.05) is 14.1 Å². The molecule has 3 aliphatic rings. The maximum absolute atomic E-state index is 14.8. The fraction of sp³-hybridized carbons (Fsp3) is 0.212. The molecule has 0 bridgehead atoms. The van der Waals surface area contributed by atoms with E-state index < -0.39 is 74.5 Å². The van der Waals surface area contributed by atoms with Crippen LogP contribution in [0.25, 0.3) is 28.2 Å². The summed E-state index contributed by atoms with van der Waals surface area (Å²) in [5.41, 5.74) is 9.88. The number of benzene rings is 3. The van der Waals surface area contributed by atoms with Gasteiger partial charge in [-0.1, -0.05) is 48.5 Å². The average Bonchev–Trinajstić information content (AvgIpc) is 2.98. The zero-order valence-electron chi connectivity index (χ0n) is 24.1. The summed E-state index contributed by atoms with van der Waals surface area (Å²) in [6.45, 7) is 0. The summed E-state index contributed by atoms with van der Waals surface area (Å²) in [6.07, 6.45) is -0.703. The van der Waals surface area contributed by atoms with E-state index in [1.165, 1.54) is 37.2 Å². The number of nitriles is 1. The van der Waals surface area contributed by atoms with Gasteiger partial charge < -0.3 is 37.6 Å². The van der Waals surface area contributed by atoms with Crippen LogP contribution in [-0.2, 0) is 14.4 Å². The number of aliphatic hydroxyl groups excluding tert-OH is 3. The molecule has 0 aliphatic heterocycles. The van der Waals surface area contributed by atoms with Crippen LogP contribution in [0.5, 0.6) is 5.75 Å². The van der Waals surface area contributed by atoms with Gasteiger partial charge in [-0.05, 0) is 59.8 Å². The standard InChI is InChI=1S/C33H29N5O7/c1-38(2)26-25(41)22(29(35)44)27(42)31(14-34)28(43)23-24(40)21-18(8-5-9-20(21)39)19(32(23,36)30(45)33(26,31)37)13-15-10-11-16-6-3-4-7-17(16)12-15/h3-13,26,30,39-40,42,45H,36-37H2,1-2H3,(H2,35,44)/b19-13+/t26-,30+,31+,32+,33+/m1/s1. The van der Waals surface area contributed by atoms with Crippen molar-refractivity contribution in [3.63, 3.8) is 0 Å². The fourth-order valence-electron chi connectivity index (χ4n) is 7.32. The largest absolute Gasteiger partial charge is 0.509 e. The Morgan fingerprint density at radius 2 is 1.67 bits per heavy atom. The highest BCUT2D eigenvalue weighted by atomic mass is 16.3. The summed E-state index contributed by atoms with van der Waals surface area (Å²) in [6, 6.07) is 17.0. The molecule has 0 aromatic heterocycles. The molecule has 3 aliphatic carbocycles. The maximum Gasteiger partial charge on any atom is 0.255 e. The van der Waals surface area contributed by atoms with E-state index in [1.54, 1.807) is 18.2 Å². The minimum atomic E-state index is -3.03. The molecule has 1 fully saturated rings. The number of fused-ring (bicyclic) bond motifs is 4. The highest BCUT2D eigenvalue weighted by Gasteiger charge is 2.79. The van der Waals surface area contributed by atoms with Crippen LogP contribution >= 0.6 is 0 Å². The van der Waals surface area contributed by atoms with E-state index in [0.29, 0.717) is 5.56 Å². The third-order valence-corrected chi connectivity index (χ3v) is 9.32. The van der Waals surface area contributed by atoms with Crippen molar-refractivity contribution in [2.24, 2.45) is 22.6 Å². The summed E-state index contributed by atoms with van der Waals surface area (Å²) in [7, 11) is 2.73. The average molecular weight is 608 g/mol. The van der Waals surface area contributed by atoms with Crippen molar-refractivity contribution < 1.29 is 34.8 Å². The van der Waals surface area contributed by atoms with Gasteiger partial charge in [-0.3, -0.25) is 19.3 Å². The van der Waals surface area contributed by atoms with Gasteiger partial charge in [0.25, 0.3) is 5.91 Å². The molecule has 228 valence electrons. The highest BCUT2D eigenvalue weighted by Crippen LogP contribution is 2.61. The van der Waals surface area contributed by atoms with Gasteiger partial charge in [-0.15, -0.1) is 0 Å². The zero-order valence-corrected chi connectivity index (χ0v) is 24.1. The number of nitrogens with zero attached hydrogens (tertiary/aromatic N) is 2. The van der Waals surface area contributed by atoms with Crippen molar-refractivity contribution in [3.8, 4) is 11.8 Å². The van der Waals surface area contributed by atoms with Gasteiger partial charge in [0.1, 0.15) is 40.0 Å². The second kappa shape index (κ2) is 9.59. The van der Waals surface area contributed by atoms with Crippen LogP contribution in [0.2, 0.25) is 0 Å². The molecule has 12 heteroatoms. The van der Waals surface area contributed by atoms with Crippen molar-refractivity contribution >= 4 is 45.7 Å². The number of Topliss-reactive ketones (excluding diaryl/α,β-unsaturated/α-hetero) is 2. The van der Waals surface area contributed by atoms with Crippen molar-refractivity contribution in [3.05, 3.63) is 94.3 Å². The Balaban J connectivity index is 1.76. The van der Waals surface area contributed by atoms with E-state index in [0.717, 1.165) is 10.8 Å². The van der Waals surface area contributed by atoms with Gasteiger partial charge in [0.2, 0.25) is 0 Å². The minimum Gasteiger partial charge on any atom is -0.509 e. The quantitative estimate of drug-likeness (QED) is 0.208. The molecule has 0 saturated heterocycles. The number of primary amides is 1. The molecule has 1 amide bonds. The topological polar surface area (TPSA) is 237 Å². The van der Waals surface area contributed by atoms with Gasteiger partial charge in [0.05, 0.1) is 23.2 Å². The van der Waals surface area contributed by atoms with Gasteiger partial charge >= 0.3 is 0 Å². The maximum atomic E-state index is 14.8. The molecule has 45 heavy (non-hydrogen) atoms. The fourth-order valence-corrected chi connectivity index (χ4v) is 7.32. The molecule has 3 aromatic carbocycles. The number of phenolic OH excluding ortho intramolecular Hbond substituents is 1. The number of ketones is 2. The first-order valence-electron chi connectivity index (χ1n) is 13.8. The summed E-state index contributed by atoms with van der Waals surface area (Å²) in [5, 5.41) is 58.8. The normalized spacial score (nSPS) is 30.3. The first kappa shape index (κ1) is 29.7. The lowest BCUT2D eigenvalue weighted by atomic mass is 9.45. The molecule has 10 N–H and O–H groups in total. The number of nitrogens with two attached hydrogens (primary N) is 3. The third-order valence-electron chi connectivity index (χ3n) is 9.32. The summed E-state index contributed by atoms with van der Waals surface area (Å²) in [4.78, 5) is 42.1. The van der Waals surface area contributed by atoms with E-state index in [2.05, 4.69) is 0 Å². The number of hydrogen-bond acceptors (Lipinski definition) is 11. The van der Waals surface area contributed by atoms with Crippen LogP contribution in [-0.4, -0.2) is 80.1 Å². The van der Waals surface area contributed by atoms with Crippen LogP contribution in [0, 0.1) is 16.7 Å². The second-order valence-corrected chi connectivity index (χ2v) is 11.8. The molecule has 5 atom stereocenters. The predicted molar refractivity (Wildman–Crippen MR) is 164 cm³/mol. The number of amides is 1. The number of rotatable bonds is 3. The molecule has 0 radical (unpaired) electrons. The monoisotopic (exact) mass is 607 g/mol. The third kappa shape index (κ3) is 3.46. The van der Waals surface area contributed by atoms with Gasteiger partial charge in [-0.25, -0.2) is 0 Å². The molecule has 12 nitrogen and oxygen atoms in total. The molecule has 3 aromatic rings. The highest BCUT2D eigenvalue weighted by molar-refractivity contribution is 6.27.